The zero-order valence-corrected chi connectivity index (χ0v) is 20.2. The predicted octanol–water partition coefficient (Wildman–Crippen LogP) is 4.34. The molecule has 2 N–H and O–H groups in total. The molecular formula is C20H27FIN5OS. The topological polar surface area (TPSA) is 65.5 Å². The van der Waals surface area contributed by atoms with Crippen molar-refractivity contribution in [1.82, 2.24) is 20.2 Å². The first-order valence-electron chi connectivity index (χ1n) is 9.16. The molecule has 0 fully saturated rings. The lowest BCUT2D eigenvalue weighted by Gasteiger charge is -2.21. The molecule has 3 aromatic rings. The van der Waals surface area contributed by atoms with E-state index in [-0.39, 0.29) is 35.9 Å². The highest BCUT2D eigenvalue weighted by Crippen LogP contribution is 2.21. The highest BCUT2D eigenvalue weighted by molar-refractivity contribution is 14.0. The number of aromatic amines is 1. The molecule has 0 aliphatic rings. The van der Waals surface area contributed by atoms with Crippen LogP contribution in [0.1, 0.15) is 29.3 Å². The van der Waals surface area contributed by atoms with Gasteiger partial charge in [-0.15, -0.1) is 35.3 Å². The maximum absolute atomic E-state index is 13.3. The van der Waals surface area contributed by atoms with Crippen LogP contribution in [0.5, 0.6) is 0 Å². The number of rotatable bonds is 7. The maximum Gasteiger partial charge on any atom is 0.193 e. The van der Waals surface area contributed by atoms with E-state index in [1.54, 1.807) is 25.5 Å². The minimum absolute atomic E-state index is 0. The molecule has 2 aromatic heterocycles. The minimum Gasteiger partial charge on any atom is -0.375 e. The van der Waals surface area contributed by atoms with Crippen LogP contribution in [0.2, 0.25) is 0 Å². The summed E-state index contributed by atoms with van der Waals surface area (Å²) in [6.07, 6.45) is 2.75. The summed E-state index contributed by atoms with van der Waals surface area (Å²) in [5, 5.41) is 7.47. The van der Waals surface area contributed by atoms with Gasteiger partial charge in [-0.2, -0.15) is 0 Å². The lowest BCUT2D eigenvalue weighted by molar-refractivity contribution is 0.119. The number of ether oxygens (including phenoxy) is 1. The maximum atomic E-state index is 13.3. The molecule has 0 amide bonds. The van der Waals surface area contributed by atoms with Crippen molar-refractivity contribution in [1.29, 1.82) is 0 Å². The predicted molar refractivity (Wildman–Crippen MR) is 128 cm³/mol. The van der Waals surface area contributed by atoms with Gasteiger partial charge >= 0.3 is 0 Å². The van der Waals surface area contributed by atoms with Gasteiger partial charge in [0.1, 0.15) is 16.9 Å². The molecule has 1 atom stereocenters. The van der Waals surface area contributed by atoms with Gasteiger partial charge in [-0.3, -0.25) is 4.99 Å². The summed E-state index contributed by atoms with van der Waals surface area (Å²) in [5.74, 6) is 0.575. The van der Waals surface area contributed by atoms with Crippen LogP contribution in [0.25, 0.3) is 10.9 Å². The van der Waals surface area contributed by atoms with Gasteiger partial charge in [0, 0.05) is 50.2 Å². The third-order valence-electron chi connectivity index (χ3n) is 4.65. The molecule has 1 aromatic carbocycles. The van der Waals surface area contributed by atoms with Gasteiger partial charge in [0.15, 0.2) is 5.96 Å². The summed E-state index contributed by atoms with van der Waals surface area (Å²) in [6, 6.07) is 4.83. The number of fused-ring (bicyclic) bond motifs is 1. The summed E-state index contributed by atoms with van der Waals surface area (Å²) >= 11 is 1.61. The number of guanidine groups is 1. The molecule has 0 saturated carbocycles. The number of hydrogen-bond acceptors (Lipinski definition) is 4. The fraction of sp³-hybridized carbons (Fsp3) is 0.400. The van der Waals surface area contributed by atoms with E-state index in [1.165, 1.54) is 12.1 Å². The number of nitrogens with one attached hydrogen (secondary N) is 2. The van der Waals surface area contributed by atoms with Gasteiger partial charge in [-0.1, -0.05) is 0 Å². The molecule has 6 nitrogen and oxygen atoms in total. The summed E-state index contributed by atoms with van der Waals surface area (Å²) in [7, 11) is 5.45. The van der Waals surface area contributed by atoms with E-state index < -0.39 is 0 Å². The van der Waals surface area contributed by atoms with Crippen LogP contribution in [0.15, 0.2) is 34.8 Å². The second kappa shape index (κ2) is 10.9. The van der Waals surface area contributed by atoms with Gasteiger partial charge in [-0.05, 0) is 37.1 Å². The lowest BCUT2D eigenvalue weighted by atomic mass is 10.1. The van der Waals surface area contributed by atoms with Crippen LogP contribution in [0, 0.1) is 5.82 Å². The molecule has 0 saturated heterocycles. The van der Waals surface area contributed by atoms with Gasteiger partial charge in [-0.25, -0.2) is 9.37 Å². The van der Waals surface area contributed by atoms with Crippen LogP contribution in [-0.4, -0.2) is 48.6 Å². The smallest absolute Gasteiger partial charge is 0.193 e. The molecule has 1 unspecified atom stereocenters. The van der Waals surface area contributed by atoms with Crippen molar-refractivity contribution in [2.24, 2.45) is 4.99 Å². The first-order valence-corrected chi connectivity index (χ1v) is 10.0. The molecule has 3 rings (SSSR count). The van der Waals surface area contributed by atoms with Crippen molar-refractivity contribution in [2.75, 3.05) is 27.7 Å². The van der Waals surface area contributed by atoms with E-state index in [0.717, 1.165) is 46.1 Å². The van der Waals surface area contributed by atoms with E-state index in [0.29, 0.717) is 6.54 Å². The van der Waals surface area contributed by atoms with Crippen molar-refractivity contribution in [3.05, 3.63) is 51.9 Å². The Hall–Kier alpha value is -1.72. The zero-order chi connectivity index (χ0) is 20.1. The average Bonchev–Trinajstić information content (AvgIpc) is 3.31. The average molecular weight is 531 g/mol. The largest absolute Gasteiger partial charge is 0.375 e. The first-order chi connectivity index (χ1) is 13.5. The van der Waals surface area contributed by atoms with E-state index >= 15 is 0 Å². The first kappa shape index (κ1) is 23.6. The Morgan fingerprint density at radius 1 is 1.45 bits per heavy atom. The molecule has 0 bridgehead atoms. The lowest BCUT2D eigenvalue weighted by Crippen LogP contribution is -2.39. The van der Waals surface area contributed by atoms with Gasteiger partial charge in [0.25, 0.3) is 0 Å². The standard InChI is InChI=1S/C20H26FN5OS.HI/c1-13(27-4)19-25-16(12-28-19)11-26(3)20(22-2)23-8-7-14-10-24-18-9-15(21)5-6-17(14)18;/h5-6,9-10,12-13,24H,7-8,11H2,1-4H3,(H,22,23);1H. The molecule has 9 heteroatoms. The summed E-state index contributed by atoms with van der Waals surface area (Å²) in [5.41, 5.74) is 2.97. The third kappa shape index (κ3) is 5.89. The molecule has 29 heavy (non-hydrogen) atoms. The number of nitrogens with zero attached hydrogens (tertiary/aromatic N) is 3. The number of halogens is 2. The number of benzene rings is 1. The molecular weight excluding hydrogens is 504 g/mol. The van der Waals surface area contributed by atoms with Crippen LogP contribution in [0.4, 0.5) is 4.39 Å². The molecule has 0 spiro atoms. The Kier molecular flexibility index (Phi) is 8.84. The summed E-state index contributed by atoms with van der Waals surface area (Å²) < 4.78 is 18.6. The molecule has 0 radical (unpaired) electrons. The highest BCUT2D eigenvalue weighted by Gasteiger charge is 2.13. The normalized spacial score (nSPS) is 12.7. The Morgan fingerprint density at radius 3 is 2.97 bits per heavy atom. The summed E-state index contributed by atoms with van der Waals surface area (Å²) in [4.78, 5) is 14.2. The Morgan fingerprint density at radius 2 is 2.24 bits per heavy atom. The monoisotopic (exact) mass is 531 g/mol. The van der Waals surface area contributed by atoms with Gasteiger partial charge in [0.05, 0.1) is 12.2 Å². The third-order valence-corrected chi connectivity index (χ3v) is 5.70. The van der Waals surface area contributed by atoms with E-state index in [2.05, 4.69) is 25.7 Å². The fourth-order valence-electron chi connectivity index (χ4n) is 3.06. The number of aliphatic imine (C=N–C) groups is 1. The number of thiazole rings is 1. The van der Waals surface area contributed by atoms with Crippen molar-refractivity contribution < 1.29 is 9.13 Å². The second-order valence-electron chi connectivity index (χ2n) is 6.64. The van der Waals surface area contributed by atoms with Crippen LogP contribution in [-0.2, 0) is 17.7 Å². The van der Waals surface area contributed by atoms with Gasteiger partial charge in [0.2, 0.25) is 0 Å². The highest BCUT2D eigenvalue weighted by atomic mass is 127. The van der Waals surface area contributed by atoms with E-state index in [4.69, 9.17) is 4.74 Å². The minimum atomic E-state index is -0.230. The van der Waals surface area contributed by atoms with Crippen molar-refractivity contribution in [3.63, 3.8) is 0 Å². The number of methoxy groups -OCH3 is 1. The Balaban J connectivity index is 0.00000300. The molecule has 0 aliphatic carbocycles. The van der Waals surface area contributed by atoms with Crippen molar-refractivity contribution in [2.45, 2.75) is 26.0 Å². The fourth-order valence-corrected chi connectivity index (χ4v) is 3.90. The van der Waals surface area contributed by atoms with E-state index in [9.17, 15) is 4.39 Å². The Labute approximate surface area is 191 Å². The van der Waals surface area contributed by atoms with Crippen LogP contribution >= 0.6 is 35.3 Å². The Bertz CT molecular complexity index is 957. The number of H-pyrrole nitrogens is 1. The molecule has 2 heterocycles. The SMILES string of the molecule is CN=C(NCCc1c[nH]c2cc(F)ccc12)N(C)Cc1csc(C(C)OC)n1.I. The molecule has 158 valence electrons. The second-order valence-corrected chi connectivity index (χ2v) is 7.53. The zero-order valence-electron chi connectivity index (χ0n) is 17.0. The summed E-state index contributed by atoms with van der Waals surface area (Å²) in [6.45, 7) is 3.38. The van der Waals surface area contributed by atoms with Crippen LogP contribution < -0.4 is 5.32 Å². The number of hydrogen-bond donors (Lipinski definition) is 2. The molecule has 0 aliphatic heterocycles. The van der Waals surface area contributed by atoms with Crippen molar-refractivity contribution >= 4 is 52.2 Å². The quantitative estimate of drug-likeness (QED) is 0.271. The van der Waals surface area contributed by atoms with Crippen LogP contribution in [0.3, 0.4) is 0 Å². The van der Waals surface area contributed by atoms with Crippen molar-refractivity contribution in [3.8, 4) is 0 Å². The van der Waals surface area contributed by atoms with Gasteiger partial charge < -0.3 is 19.9 Å². The van der Waals surface area contributed by atoms with E-state index in [1.807, 2.05) is 31.1 Å². The number of aromatic nitrogens is 2.